The van der Waals surface area contributed by atoms with Gasteiger partial charge in [-0.1, -0.05) is 33.1 Å². The highest BCUT2D eigenvalue weighted by Crippen LogP contribution is 2.52. The smallest absolute Gasteiger partial charge is 0.191 e. The van der Waals surface area contributed by atoms with Gasteiger partial charge in [0.2, 0.25) is 0 Å². The lowest BCUT2D eigenvalue weighted by molar-refractivity contribution is -0.106. The summed E-state index contributed by atoms with van der Waals surface area (Å²) in [6, 6.07) is 1.10. The van der Waals surface area contributed by atoms with E-state index >= 15 is 0 Å². The van der Waals surface area contributed by atoms with Gasteiger partial charge in [0.1, 0.15) is 0 Å². The summed E-state index contributed by atoms with van der Waals surface area (Å²) in [4.78, 5) is 4.44. The van der Waals surface area contributed by atoms with Crippen molar-refractivity contribution >= 4 is 5.96 Å². The first-order valence-electron chi connectivity index (χ1n) is 8.24. The van der Waals surface area contributed by atoms with E-state index in [-0.39, 0.29) is 5.41 Å². The van der Waals surface area contributed by atoms with Crippen molar-refractivity contribution in [1.82, 2.24) is 10.6 Å². The Morgan fingerprint density at radius 1 is 1.10 bits per heavy atom. The molecular formula is C16H29N3O. The second-order valence-electron chi connectivity index (χ2n) is 7.24. The van der Waals surface area contributed by atoms with Crippen LogP contribution in [-0.4, -0.2) is 37.8 Å². The maximum Gasteiger partial charge on any atom is 0.191 e. The van der Waals surface area contributed by atoms with E-state index in [9.17, 15) is 0 Å². The standard InChI is InChI=1S/C16H29N3O/c1-16(2)13(12-9-10-20-14(12)16)19-15(17-3)18-11-7-5-4-6-8-11/h11-14H,4-10H2,1-3H3,(H2,17,18,19). The lowest BCUT2D eigenvalue weighted by atomic mass is 9.57. The predicted octanol–water partition coefficient (Wildman–Crippen LogP) is 2.30. The Balaban J connectivity index is 1.58. The molecule has 0 bridgehead atoms. The van der Waals surface area contributed by atoms with Gasteiger partial charge >= 0.3 is 0 Å². The number of guanidine groups is 1. The molecule has 1 heterocycles. The van der Waals surface area contributed by atoms with E-state index in [0.29, 0.717) is 24.1 Å². The van der Waals surface area contributed by atoms with E-state index in [0.717, 1.165) is 12.6 Å². The van der Waals surface area contributed by atoms with Gasteiger partial charge in [0.25, 0.3) is 0 Å². The summed E-state index contributed by atoms with van der Waals surface area (Å²) in [5.74, 6) is 1.65. The normalized spacial score (nSPS) is 37.1. The Morgan fingerprint density at radius 3 is 2.55 bits per heavy atom. The molecule has 0 amide bonds. The third kappa shape index (κ3) is 2.43. The van der Waals surface area contributed by atoms with Crippen LogP contribution in [0.3, 0.4) is 0 Å². The lowest BCUT2D eigenvalue weighted by Gasteiger charge is -2.55. The maximum absolute atomic E-state index is 5.86. The quantitative estimate of drug-likeness (QED) is 0.602. The summed E-state index contributed by atoms with van der Waals surface area (Å²) in [6.07, 6.45) is 8.28. The molecule has 3 fully saturated rings. The molecule has 0 spiro atoms. The Kier molecular flexibility index (Phi) is 3.93. The zero-order valence-corrected chi connectivity index (χ0v) is 13.1. The molecule has 4 nitrogen and oxygen atoms in total. The minimum absolute atomic E-state index is 0.214. The van der Waals surface area contributed by atoms with Crippen LogP contribution in [0.15, 0.2) is 4.99 Å². The van der Waals surface area contributed by atoms with Crippen LogP contribution < -0.4 is 10.6 Å². The molecule has 3 aliphatic rings. The average molecular weight is 279 g/mol. The first-order valence-corrected chi connectivity index (χ1v) is 8.24. The van der Waals surface area contributed by atoms with E-state index < -0.39 is 0 Å². The van der Waals surface area contributed by atoms with E-state index in [1.807, 2.05) is 7.05 Å². The van der Waals surface area contributed by atoms with Crippen LogP contribution in [0.2, 0.25) is 0 Å². The molecule has 20 heavy (non-hydrogen) atoms. The second kappa shape index (κ2) is 5.55. The van der Waals surface area contributed by atoms with E-state index in [2.05, 4.69) is 29.5 Å². The summed E-state index contributed by atoms with van der Waals surface area (Å²) in [5, 5.41) is 7.29. The Hall–Kier alpha value is -0.770. The Morgan fingerprint density at radius 2 is 1.85 bits per heavy atom. The third-order valence-electron chi connectivity index (χ3n) is 5.56. The molecule has 4 heteroatoms. The van der Waals surface area contributed by atoms with Gasteiger partial charge in [-0.15, -0.1) is 0 Å². The van der Waals surface area contributed by atoms with Crippen LogP contribution in [-0.2, 0) is 4.74 Å². The molecule has 2 N–H and O–H groups in total. The predicted molar refractivity (Wildman–Crippen MR) is 81.9 cm³/mol. The number of ether oxygens (including phenoxy) is 1. The molecule has 0 aromatic heterocycles. The lowest BCUT2D eigenvalue weighted by Crippen LogP contribution is -2.68. The number of nitrogens with zero attached hydrogens (tertiary/aromatic N) is 1. The molecule has 3 rings (SSSR count). The van der Waals surface area contributed by atoms with Gasteiger partial charge in [-0.25, -0.2) is 0 Å². The topological polar surface area (TPSA) is 45.7 Å². The van der Waals surface area contributed by atoms with Gasteiger partial charge in [0.05, 0.1) is 6.10 Å². The van der Waals surface area contributed by atoms with Crippen LogP contribution in [0.4, 0.5) is 0 Å². The second-order valence-corrected chi connectivity index (χ2v) is 7.24. The Bertz CT molecular complexity index is 374. The molecule has 0 aromatic carbocycles. The summed E-state index contributed by atoms with van der Waals surface area (Å²) in [7, 11) is 1.88. The summed E-state index contributed by atoms with van der Waals surface area (Å²) < 4.78 is 5.86. The number of rotatable bonds is 2. The SMILES string of the molecule is CN=C(NC1CCCCC1)NC1C2CCOC2C1(C)C. The summed E-state index contributed by atoms with van der Waals surface area (Å²) in [5.41, 5.74) is 0.214. The van der Waals surface area contributed by atoms with Crippen molar-refractivity contribution in [3.8, 4) is 0 Å². The molecule has 3 atom stereocenters. The number of fused-ring (bicyclic) bond motifs is 1. The molecule has 0 radical (unpaired) electrons. The first-order chi connectivity index (χ1) is 9.63. The number of aliphatic imine (C=N–C) groups is 1. The monoisotopic (exact) mass is 279 g/mol. The van der Waals surface area contributed by atoms with Crippen LogP contribution >= 0.6 is 0 Å². The van der Waals surface area contributed by atoms with E-state index in [1.165, 1.54) is 38.5 Å². The minimum Gasteiger partial charge on any atom is -0.377 e. The highest BCUT2D eigenvalue weighted by Gasteiger charge is 2.59. The molecule has 0 aromatic rings. The molecule has 2 saturated carbocycles. The van der Waals surface area contributed by atoms with Crippen molar-refractivity contribution in [2.75, 3.05) is 13.7 Å². The zero-order chi connectivity index (χ0) is 14.2. The van der Waals surface area contributed by atoms with Crippen molar-refractivity contribution in [2.24, 2.45) is 16.3 Å². The van der Waals surface area contributed by atoms with Gasteiger partial charge in [0.15, 0.2) is 5.96 Å². The zero-order valence-electron chi connectivity index (χ0n) is 13.1. The van der Waals surface area contributed by atoms with Crippen molar-refractivity contribution in [1.29, 1.82) is 0 Å². The number of nitrogens with one attached hydrogen (secondary N) is 2. The van der Waals surface area contributed by atoms with Gasteiger partial charge in [0, 0.05) is 37.1 Å². The largest absolute Gasteiger partial charge is 0.377 e. The fraction of sp³-hybridized carbons (Fsp3) is 0.938. The molecule has 114 valence electrons. The van der Waals surface area contributed by atoms with Crippen LogP contribution in [0, 0.1) is 11.3 Å². The fourth-order valence-electron chi connectivity index (χ4n) is 4.38. The molecule has 3 unspecified atom stereocenters. The van der Waals surface area contributed by atoms with Crippen LogP contribution in [0.5, 0.6) is 0 Å². The molecule has 1 aliphatic heterocycles. The van der Waals surface area contributed by atoms with Crippen LogP contribution in [0.1, 0.15) is 52.4 Å². The van der Waals surface area contributed by atoms with E-state index in [4.69, 9.17) is 4.74 Å². The fourth-order valence-corrected chi connectivity index (χ4v) is 4.38. The molecule has 2 aliphatic carbocycles. The van der Waals surface area contributed by atoms with Crippen molar-refractivity contribution < 1.29 is 4.74 Å². The third-order valence-corrected chi connectivity index (χ3v) is 5.56. The van der Waals surface area contributed by atoms with Crippen molar-refractivity contribution in [3.63, 3.8) is 0 Å². The maximum atomic E-state index is 5.86. The highest BCUT2D eigenvalue weighted by atomic mass is 16.5. The van der Waals surface area contributed by atoms with Crippen LogP contribution in [0.25, 0.3) is 0 Å². The molecule has 1 saturated heterocycles. The Labute approximate surface area is 122 Å². The van der Waals surface area contributed by atoms with E-state index in [1.54, 1.807) is 0 Å². The minimum atomic E-state index is 0.214. The van der Waals surface area contributed by atoms with Gasteiger partial charge in [-0.3, -0.25) is 4.99 Å². The number of hydrogen-bond acceptors (Lipinski definition) is 2. The van der Waals surface area contributed by atoms with Crippen molar-refractivity contribution in [2.45, 2.75) is 70.6 Å². The van der Waals surface area contributed by atoms with Gasteiger partial charge < -0.3 is 15.4 Å². The van der Waals surface area contributed by atoms with Gasteiger partial charge in [-0.2, -0.15) is 0 Å². The molecular weight excluding hydrogens is 250 g/mol. The van der Waals surface area contributed by atoms with Crippen molar-refractivity contribution in [3.05, 3.63) is 0 Å². The highest BCUT2D eigenvalue weighted by molar-refractivity contribution is 5.80. The van der Waals surface area contributed by atoms with Gasteiger partial charge in [-0.05, 0) is 19.3 Å². The summed E-state index contributed by atoms with van der Waals surface area (Å²) in [6.45, 7) is 5.54. The average Bonchev–Trinajstić information content (AvgIpc) is 2.91. The number of hydrogen-bond donors (Lipinski definition) is 2. The summed E-state index contributed by atoms with van der Waals surface area (Å²) >= 11 is 0. The first kappa shape index (κ1) is 14.2.